The topological polar surface area (TPSA) is 157 Å². The first kappa shape index (κ1) is 25.0. The minimum atomic E-state index is -4.82. The molecule has 0 aliphatic rings. The molecule has 0 fully saturated rings. The Labute approximate surface area is 246 Å². The van der Waals surface area contributed by atoms with Gasteiger partial charge in [0.15, 0.2) is 32.8 Å². The van der Waals surface area contributed by atoms with Gasteiger partial charge in [0.1, 0.15) is 9.84 Å². The Morgan fingerprint density at radius 1 is 0.949 bits per heavy atom. The zero-order valence-corrected chi connectivity index (χ0v) is 25.0. The lowest BCUT2D eigenvalue weighted by Gasteiger charge is -2.15. The van der Waals surface area contributed by atoms with E-state index >= 15 is 0 Å². The summed E-state index contributed by atoms with van der Waals surface area (Å²) in [7, 11) is -4.93. The molecule has 2 aromatic rings. The molecule has 0 aliphatic heterocycles. The Bertz CT molecular complexity index is 1500. The van der Waals surface area contributed by atoms with Crippen molar-refractivity contribution >= 4 is 25.4 Å². The van der Waals surface area contributed by atoms with E-state index in [-0.39, 0.29) is 5.56 Å². The summed E-state index contributed by atoms with van der Waals surface area (Å²) in [5.41, 5.74) is 11.6. The van der Waals surface area contributed by atoms with Gasteiger partial charge in [-0.2, -0.15) is 0 Å². The van der Waals surface area contributed by atoms with Crippen LogP contribution in [0.5, 0.6) is 23.0 Å². The van der Waals surface area contributed by atoms with Crippen molar-refractivity contribution in [3.63, 3.8) is 0 Å². The second-order valence-electron chi connectivity index (χ2n) is 7.05. The van der Waals surface area contributed by atoms with E-state index in [0.29, 0.717) is 41.8 Å². The zero-order chi connectivity index (χ0) is 37.4. The van der Waals surface area contributed by atoms with Crippen LogP contribution in [-0.4, -0.2) is 62.4 Å². The standard InChI is InChI=1S/C12H19NO4S.C12H17NO4S.C2H6.CH4/c2*1-4-17-12-7-9(5-6-11(12)16-2)10(13)8-18(3,14)15;1-2;/h5-7,10H,4,8,13H2,1-3H3;5-8H,4,13H2,1-3H3;1-2H3;1H4/t10-;;;/m1.../s1/i3D3;3D3,8D;;1D. The molecule has 4 N–H and O–H groups in total. The van der Waals surface area contributed by atoms with Gasteiger partial charge in [-0.15, -0.1) is 0 Å². The van der Waals surface area contributed by atoms with Gasteiger partial charge in [0, 0.05) is 33.6 Å². The molecule has 0 amide bonds. The summed E-state index contributed by atoms with van der Waals surface area (Å²) in [6, 6.07) is 8.08. The van der Waals surface area contributed by atoms with E-state index in [1.165, 1.54) is 39.8 Å². The Morgan fingerprint density at radius 2 is 1.46 bits per heavy atom. The molecule has 224 valence electrons. The van der Waals surface area contributed by atoms with Crippen LogP contribution < -0.4 is 30.4 Å². The number of hydrogen-bond donors (Lipinski definition) is 2. The number of hydrogen-bond acceptors (Lipinski definition) is 10. The van der Waals surface area contributed by atoms with Crippen LogP contribution in [0.2, 0.25) is 0 Å². The number of ether oxygens (including phenoxy) is 4. The lowest BCUT2D eigenvalue weighted by atomic mass is 10.1. The monoisotopic (exact) mass is 598 g/mol. The average molecular weight is 599 g/mol. The van der Waals surface area contributed by atoms with Crippen molar-refractivity contribution in [2.24, 2.45) is 11.5 Å². The van der Waals surface area contributed by atoms with E-state index in [1.54, 1.807) is 32.0 Å². The molecule has 0 saturated carbocycles. The summed E-state index contributed by atoms with van der Waals surface area (Å²) in [6.07, 6.45) is -6.41. The molecule has 2 aromatic carbocycles. The van der Waals surface area contributed by atoms with Gasteiger partial charge in [-0.05, 0) is 49.7 Å². The summed E-state index contributed by atoms with van der Waals surface area (Å²) in [5, 5.41) is -1.15. The fraction of sp³-hybridized carbons (Fsp3) is 0.481. The second kappa shape index (κ2) is 18.3. The van der Waals surface area contributed by atoms with Crippen molar-refractivity contribution in [1.29, 1.82) is 0 Å². The summed E-state index contributed by atoms with van der Waals surface area (Å²) in [5.74, 6) is 0.973. The number of benzene rings is 2. The minimum Gasteiger partial charge on any atom is -0.493 e. The normalized spacial score (nSPS) is 15.6. The SMILES string of the molecule is CC.[2H]C.[2H]C(=C(N)c1ccc(OC)c(OCC)c1)S(=O)(=O)C([2H])([2H])[2H].[2H]C([2H])([2H])S(=O)(=O)C[C@@H](N)c1ccc(OC)c(OCC)c1. The third kappa shape index (κ3) is 14.7. The minimum absolute atomic E-state index is 0.155. The van der Waals surface area contributed by atoms with E-state index in [0.717, 1.165) is 0 Å². The van der Waals surface area contributed by atoms with E-state index < -0.39 is 54.9 Å². The Balaban J connectivity index is 0. The zero-order valence-electron chi connectivity index (χ0n) is 31.4. The van der Waals surface area contributed by atoms with Crippen molar-refractivity contribution in [2.75, 3.05) is 45.6 Å². The molecule has 0 radical (unpaired) electrons. The van der Waals surface area contributed by atoms with Crippen LogP contribution in [0, 0.1) is 0 Å². The van der Waals surface area contributed by atoms with E-state index in [2.05, 4.69) is 0 Å². The van der Waals surface area contributed by atoms with Crippen molar-refractivity contribution in [3.8, 4) is 23.0 Å². The van der Waals surface area contributed by atoms with Crippen LogP contribution in [0.25, 0.3) is 5.70 Å². The molecule has 0 spiro atoms. The van der Waals surface area contributed by atoms with Crippen molar-refractivity contribution in [1.82, 2.24) is 0 Å². The first-order valence-electron chi connectivity index (χ1n) is 16.0. The lowest BCUT2D eigenvalue weighted by Crippen LogP contribution is -2.20. The first-order valence-corrected chi connectivity index (χ1v) is 14.6. The third-order valence-corrected chi connectivity index (χ3v) is 5.62. The van der Waals surface area contributed by atoms with E-state index in [9.17, 15) is 16.8 Å². The predicted octanol–water partition coefficient (Wildman–Crippen LogP) is 4.20. The smallest absolute Gasteiger partial charge is 0.170 e. The molecule has 0 heterocycles. The molecular weight excluding hydrogens is 544 g/mol. The van der Waals surface area contributed by atoms with Gasteiger partial charge in [0.25, 0.3) is 0 Å². The highest BCUT2D eigenvalue weighted by Crippen LogP contribution is 2.31. The van der Waals surface area contributed by atoms with Crippen LogP contribution in [-0.2, 0) is 19.7 Å². The molecule has 39 heavy (non-hydrogen) atoms. The maximum atomic E-state index is 11.8. The predicted molar refractivity (Wildman–Crippen MR) is 160 cm³/mol. The highest BCUT2D eigenvalue weighted by Gasteiger charge is 2.15. The van der Waals surface area contributed by atoms with Crippen molar-refractivity contribution in [3.05, 3.63) is 52.9 Å². The number of methoxy groups -OCH3 is 2. The number of sulfone groups is 2. The lowest BCUT2D eigenvalue weighted by molar-refractivity contribution is 0.310. The molecule has 10 nitrogen and oxygen atoms in total. The quantitative estimate of drug-likeness (QED) is 0.384. The summed E-state index contributed by atoms with van der Waals surface area (Å²) in [4.78, 5) is 0. The average Bonchev–Trinajstić information content (AvgIpc) is 3.01. The van der Waals surface area contributed by atoms with Crippen molar-refractivity contribution < 1.29 is 46.7 Å². The summed E-state index contributed by atoms with van der Waals surface area (Å²) >= 11 is 0. The highest BCUT2D eigenvalue weighted by atomic mass is 32.2. The van der Waals surface area contributed by atoms with E-state index in [1.807, 2.05) is 13.8 Å². The molecule has 0 saturated heterocycles. The maximum Gasteiger partial charge on any atom is 0.170 e. The van der Waals surface area contributed by atoms with Gasteiger partial charge in [0.05, 0.1) is 45.6 Å². The Hall–Kier alpha value is -2.96. The van der Waals surface area contributed by atoms with Crippen LogP contribution in [0.3, 0.4) is 0 Å². The van der Waals surface area contributed by atoms with Gasteiger partial charge < -0.3 is 30.4 Å². The second-order valence-corrected chi connectivity index (χ2v) is 9.82. The fourth-order valence-corrected chi connectivity index (χ4v) is 3.91. The molecular formula is C27H46N2O8S2. The summed E-state index contributed by atoms with van der Waals surface area (Å²) < 4.78 is 123. The van der Waals surface area contributed by atoms with Gasteiger partial charge in [-0.3, -0.25) is 0 Å². The fourth-order valence-electron chi connectivity index (χ4n) is 2.84. The molecule has 0 bridgehead atoms. The molecule has 0 aromatic heterocycles. The number of nitrogens with two attached hydrogens (primary N) is 2. The molecule has 1 atom stereocenters. The first-order chi connectivity index (χ1) is 21.7. The largest absolute Gasteiger partial charge is 0.493 e. The van der Waals surface area contributed by atoms with E-state index in [4.69, 9.17) is 41.4 Å². The van der Waals surface area contributed by atoms with Crippen LogP contribution in [0.4, 0.5) is 0 Å². The molecule has 0 aliphatic carbocycles. The number of rotatable bonds is 11. The van der Waals surface area contributed by atoms with Crippen LogP contribution in [0.1, 0.15) is 63.2 Å². The summed E-state index contributed by atoms with van der Waals surface area (Å²) in [6.45, 7) is 8.29. The van der Waals surface area contributed by atoms with Gasteiger partial charge >= 0.3 is 0 Å². The Kier molecular flexibility index (Phi) is 11.8. The van der Waals surface area contributed by atoms with Crippen LogP contribution >= 0.6 is 0 Å². The highest BCUT2D eigenvalue weighted by molar-refractivity contribution is 7.93. The maximum absolute atomic E-state index is 11.8. The van der Waals surface area contributed by atoms with Gasteiger partial charge in [-0.25, -0.2) is 16.8 Å². The Morgan fingerprint density at radius 3 is 1.92 bits per heavy atom. The molecule has 0 unspecified atom stereocenters. The van der Waals surface area contributed by atoms with Crippen LogP contribution in [0.15, 0.2) is 41.8 Å². The third-order valence-electron chi connectivity index (χ3n) is 4.33. The van der Waals surface area contributed by atoms with Gasteiger partial charge in [0.2, 0.25) is 0 Å². The molecule has 12 heteroatoms. The van der Waals surface area contributed by atoms with Gasteiger partial charge in [-0.1, -0.05) is 27.3 Å². The van der Waals surface area contributed by atoms with Crippen molar-refractivity contribution in [2.45, 2.75) is 41.1 Å². The molecule has 2 rings (SSSR count).